The zero-order chi connectivity index (χ0) is 12.8. The van der Waals surface area contributed by atoms with Crippen LogP contribution in [-0.2, 0) is 17.6 Å². The molecule has 1 N–H and O–H groups in total. The number of ether oxygens (including phenoxy) is 1. The highest BCUT2D eigenvalue weighted by molar-refractivity contribution is 5.66. The summed E-state index contributed by atoms with van der Waals surface area (Å²) in [6.07, 6.45) is 6.50. The zero-order valence-electron chi connectivity index (χ0n) is 10.7. The van der Waals surface area contributed by atoms with Gasteiger partial charge in [0.05, 0.1) is 6.61 Å². The van der Waals surface area contributed by atoms with Crippen LogP contribution in [0.25, 0.3) is 0 Å². The number of aryl methyl sites for hydroxylation is 1. The lowest BCUT2D eigenvalue weighted by Crippen LogP contribution is -2.07. The molecule has 0 amide bonds. The molecule has 0 aliphatic heterocycles. The summed E-state index contributed by atoms with van der Waals surface area (Å²) in [4.78, 5) is 10.4. The minimum atomic E-state index is -0.730. The molecule has 0 bridgehead atoms. The predicted molar refractivity (Wildman–Crippen MR) is 70.1 cm³/mol. The molecule has 0 saturated carbocycles. The number of hydrogen-bond donors (Lipinski definition) is 1. The van der Waals surface area contributed by atoms with Gasteiger partial charge in [0.15, 0.2) is 0 Å². The van der Waals surface area contributed by atoms with Gasteiger partial charge in [0, 0.05) is 6.42 Å². The van der Waals surface area contributed by atoms with Crippen LogP contribution in [0.15, 0.2) is 18.2 Å². The minimum Gasteiger partial charge on any atom is -0.493 e. The Labute approximate surface area is 108 Å². The van der Waals surface area contributed by atoms with E-state index in [2.05, 4.69) is 12.1 Å². The van der Waals surface area contributed by atoms with E-state index in [0.29, 0.717) is 13.0 Å². The molecule has 98 valence electrons. The van der Waals surface area contributed by atoms with Gasteiger partial charge in [-0.25, -0.2) is 0 Å². The molecule has 0 spiro atoms. The predicted octanol–water partition coefficient (Wildman–Crippen LogP) is 3.20. The van der Waals surface area contributed by atoms with E-state index in [4.69, 9.17) is 9.84 Å². The molecule has 0 radical (unpaired) electrons. The number of hydrogen-bond acceptors (Lipinski definition) is 2. The summed E-state index contributed by atoms with van der Waals surface area (Å²) in [6.45, 7) is 0.615. The van der Waals surface area contributed by atoms with Gasteiger partial charge in [0.2, 0.25) is 0 Å². The number of benzene rings is 1. The Hall–Kier alpha value is -1.51. The first-order valence-electron chi connectivity index (χ1n) is 6.73. The summed E-state index contributed by atoms with van der Waals surface area (Å²) in [5, 5.41) is 8.55. The summed E-state index contributed by atoms with van der Waals surface area (Å²) < 4.78 is 5.79. The van der Waals surface area contributed by atoms with E-state index in [9.17, 15) is 4.79 Å². The van der Waals surface area contributed by atoms with Crippen LogP contribution in [-0.4, -0.2) is 17.7 Å². The minimum absolute atomic E-state index is 0.232. The molecular weight excluding hydrogens is 228 g/mol. The van der Waals surface area contributed by atoms with Gasteiger partial charge < -0.3 is 9.84 Å². The number of carboxylic acids is 1. The maximum absolute atomic E-state index is 10.4. The average molecular weight is 248 g/mol. The van der Waals surface area contributed by atoms with Crippen LogP contribution in [0.4, 0.5) is 0 Å². The first-order chi connectivity index (χ1) is 8.77. The molecule has 3 heteroatoms. The smallest absolute Gasteiger partial charge is 0.303 e. The second-order valence-electron chi connectivity index (χ2n) is 4.80. The highest BCUT2D eigenvalue weighted by Crippen LogP contribution is 2.29. The van der Waals surface area contributed by atoms with E-state index in [0.717, 1.165) is 25.0 Å². The summed E-state index contributed by atoms with van der Waals surface area (Å²) in [5.74, 6) is 0.273. The molecule has 1 aromatic rings. The van der Waals surface area contributed by atoms with Gasteiger partial charge in [-0.2, -0.15) is 0 Å². The molecule has 3 nitrogen and oxygen atoms in total. The Kier molecular flexibility index (Phi) is 4.62. The van der Waals surface area contributed by atoms with E-state index in [1.807, 2.05) is 6.07 Å². The highest BCUT2D eigenvalue weighted by atomic mass is 16.5. The lowest BCUT2D eigenvalue weighted by Gasteiger charge is -2.19. The molecule has 0 atom stereocenters. The molecule has 0 heterocycles. The van der Waals surface area contributed by atoms with E-state index in [1.165, 1.54) is 24.0 Å². The summed E-state index contributed by atoms with van der Waals surface area (Å²) in [6, 6.07) is 6.27. The van der Waals surface area contributed by atoms with Crippen LogP contribution in [0.5, 0.6) is 5.75 Å². The SMILES string of the molecule is O=C(O)CCCCOc1cccc2c1CCCC2. The normalized spacial score (nSPS) is 14.0. The molecule has 0 fully saturated rings. The van der Waals surface area contributed by atoms with Crippen molar-refractivity contribution >= 4 is 5.97 Å². The number of fused-ring (bicyclic) bond motifs is 1. The van der Waals surface area contributed by atoms with Gasteiger partial charge >= 0.3 is 5.97 Å². The number of rotatable bonds is 6. The maximum atomic E-state index is 10.4. The Morgan fingerprint density at radius 2 is 2.06 bits per heavy atom. The Balaban J connectivity index is 1.84. The zero-order valence-corrected chi connectivity index (χ0v) is 10.7. The fourth-order valence-electron chi connectivity index (χ4n) is 2.44. The number of carboxylic acid groups (broad SMARTS) is 1. The molecular formula is C15H20O3. The topological polar surface area (TPSA) is 46.5 Å². The van der Waals surface area contributed by atoms with Crippen LogP contribution in [0, 0.1) is 0 Å². The van der Waals surface area contributed by atoms with Gasteiger partial charge in [-0.15, -0.1) is 0 Å². The molecule has 0 unspecified atom stereocenters. The van der Waals surface area contributed by atoms with E-state index < -0.39 is 5.97 Å². The fraction of sp³-hybridized carbons (Fsp3) is 0.533. The first kappa shape index (κ1) is 12.9. The van der Waals surface area contributed by atoms with Crippen LogP contribution in [0.2, 0.25) is 0 Å². The van der Waals surface area contributed by atoms with Crippen molar-refractivity contribution in [3.8, 4) is 5.75 Å². The van der Waals surface area contributed by atoms with E-state index in [-0.39, 0.29) is 6.42 Å². The van der Waals surface area contributed by atoms with E-state index >= 15 is 0 Å². The fourth-order valence-corrected chi connectivity index (χ4v) is 2.44. The maximum Gasteiger partial charge on any atom is 0.303 e. The largest absolute Gasteiger partial charge is 0.493 e. The Morgan fingerprint density at radius 3 is 2.89 bits per heavy atom. The van der Waals surface area contributed by atoms with Crippen LogP contribution in [0.1, 0.15) is 43.2 Å². The third kappa shape index (κ3) is 3.49. The number of carbonyl (C=O) groups is 1. The number of aliphatic carboxylic acids is 1. The van der Waals surface area contributed by atoms with Crippen molar-refractivity contribution in [2.75, 3.05) is 6.61 Å². The van der Waals surface area contributed by atoms with Crippen molar-refractivity contribution in [3.05, 3.63) is 29.3 Å². The van der Waals surface area contributed by atoms with Crippen molar-refractivity contribution in [1.82, 2.24) is 0 Å². The van der Waals surface area contributed by atoms with Crippen LogP contribution >= 0.6 is 0 Å². The van der Waals surface area contributed by atoms with E-state index in [1.54, 1.807) is 0 Å². The lowest BCUT2D eigenvalue weighted by atomic mass is 9.91. The molecule has 1 aliphatic rings. The highest BCUT2D eigenvalue weighted by Gasteiger charge is 2.13. The molecule has 0 aromatic heterocycles. The van der Waals surface area contributed by atoms with Gasteiger partial charge in [-0.05, 0) is 55.7 Å². The van der Waals surface area contributed by atoms with Gasteiger partial charge in [0.1, 0.15) is 5.75 Å². The van der Waals surface area contributed by atoms with Crippen molar-refractivity contribution in [1.29, 1.82) is 0 Å². The lowest BCUT2D eigenvalue weighted by molar-refractivity contribution is -0.137. The molecule has 18 heavy (non-hydrogen) atoms. The average Bonchev–Trinajstić information content (AvgIpc) is 2.38. The molecule has 0 saturated heterocycles. The third-order valence-corrected chi connectivity index (χ3v) is 3.40. The number of unbranched alkanes of at least 4 members (excludes halogenated alkanes) is 1. The van der Waals surface area contributed by atoms with Crippen molar-refractivity contribution in [3.63, 3.8) is 0 Å². The monoisotopic (exact) mass is 248 g/mol. The van der Waals surface area contributed by atoms with Gasteiger partial charge in [0.25, 0.3) is 0 Å². The first-order valence-corrected chi connectivity index (χ1v) is 6.73. The third-order valence-electron chi connectivity index (χ3n) is 3.40. The van der Waals surface area contributed by atoms with Crippen LogP contribution in [0.3, 0.4) is 0 Å². The van der Waals surface area contributed by atoms with Crippen LogP contribution < -0.4 is 4.74 Å². The standard InChI is InChI=1S/C15H20O3/c16-15(17)10-3-4-11-18-14-9-5-7-12-6-1-2-8-13(12)14/h5,7,9H,1-4,6,8,10-11H2,(H,16,17). The van der Waals surface area contributed by atoms with Gasteiger partial charge in [-0.1, -0.05) is 12.1 Å². The van der Waals surface area contributed by atoms with Gasteiger partial charge in [-0.3, -0.25) is 4.79 Å². The summed E-state index contributed by atoms with van der Waals surface area (Å²) in [7, 11) is 0. The van der Waals surface area contributed by atoms with Crippen molar-refractivity contribution in [2.45, 2.75) is 44.9 Å². The Morgan fingerprint density at radius 1 is 1.22 bits per heavy atom. The molecule has 1 aliphatic carbocycles. The summed E-state index contributed by atoms with van der Waals surface area (Å²) in [5.41, 5.74) is 2.78. The van der Waals surface area contributed by atoms with Crippen molar-refractivity contribution in [2.24, 2.45) is 0 Å². The Bertz CT molecular complexity index is 412. The molecule has 1 aromatic carbocycles. The van der Waals surface area contributed by atoms with Crippen molar-refractivity contribution < 1.29 is 14.6 Å². The second kappa shape index (κ2) is 6.43. The second-order valence-corrected chi connectivity index (χ2v) is 4.80. The quantitative estimate of drug-likeness (QED) is 0.786. The summed E-state index contributed by atoms with van der Waals surface area (Å²) >= 11 is 0. The molecule has 2 rings (SSSR count).